The molecule has 0 amide bonds. The van der Waals surface area contributed by atoms with Crippen molar-refractivity contribution in [2.24, 2.45) is 5.92 Å². The highest BCUT2D eigenvalue weighted by atomic mass is 16.5. The van der Waals surface area contributed by atoms with Crippen molar-refractivity contribution >= 4 is 0 Å². The largest absolute Gasteiger partial charge is 0.375 e. The number of aromatic nitrogens is 2. The smallest absolute Gasteiger partial charge is 0.328 e. The highest BCUT2D eigenvalue weighted by Gasteiger charge is 2.12. The maximum atomic E-state index is 11.4. The third kappa shape index (κ3) is 4.49. The van der Waals surface area contributed by atoms with Crippen LogP contribution in [-0.2, 0) is 11.3 Å². The van der Waals surface area contributed by atoms with Crippen LogP contribution in [0.4, 0.5) is 0 Å². The van der Waals surface area contributed by atoms with Crippen molar-refractivity contribution in [3.05, 3.63) is 33.1 Å². The van der Waals surface area contributed by atoms with Crippen molar-refractivity contribution in [1.29, 1.82) is 0 Å². The number of nitrogens with zero attached hydrogens (tertiary/aromatic N) is 1. The Morgan fingerprint density at radius 3 is 2.50 bits per heavy atom. The molecule has 0 aromatic carbocycles. The van der Waals surface area contributed by atoms with Crippen LogP contribution in [0.5, 0.6) is 0 Å². The number of ether oxygens (including phenoxy) is 1. The summed E-state index contributed by atoms with van der Waals surface area (Å²) in [6, 6.07) is 1.35. The zero-order valence-electron chi connectivity index (χ0n) is 11.5. The van der Waals surface area contributed by atoms with Crippen molar-refractivity contribution in [1.82, 2.24) is 9.55 Å². The normalized spacial score (nSPS) is 14.7. The van der Waals surface area contributed by atoms with Crippen molar-refractivity contribution < 1.29 is 4.74 Å². The molecular formula is C13H22N2O3. The second-order valence-electron chi connectivity index (χ2n) is 4.99. The molecular weight excluding hydrogens is 232 g/mol. The molecule has 1 rings (SSSR count). The fraction of sp³-hybridized carbons (Fsp3) is 0.692. The number of hydrogen-bond acceptors (Lipinski definition) is 3. The van der Waals surface area contributed by atoms with Gasteiger partial charge in [-0.3, -0.25) is 9.78 Å². The van der Waals surface area contributed by atoms with Gasteiger partial charge in [-0.05, 0) is 26.2 Å². The van der Waals surface area contributed by atoms with E-state index in [4.69, 9.17) is 4.74 Å². The average molecular weight is 254 g/mol. The molecule has 0 fully saturated rings. The van der Waals surface area contributed by atoms with Crippen LogP contribution in [0.15, 0.2) is 21.9 Å². The number of nitrogens with one attached hydrogen (secondary N) is 1. The van der Waals surface area contributed by atoms with E-state index in [2.05, 4.69) is 18.8 Å². The summed E-state index contributed by atoms with van der Waals surface area (Å²) in [5.41, 5.74) is -0.736. The Balaban J connectivity index is 2.50. The van der Waals surface area contributed by atoms with Gasteiger partial charge in [0.05, 0.1) is 12.2 Å². The summed E-state index contributed by atoms with van der Waals surface area (Å²) in [4.78, 5) is 24.6. The summed E-state index contributed by atoms with van der Waals surface area (Å²) >= 11 is 0. The Labute approximate surface area is 107 Å². The van der Waals surface area contributed by atoms with E-state index in [1.165, 1.54) is 16.8 Å². The van der Waals surface area contributed by atoms with Gasteiger partial charge in [0.1, 0.15) is 0 Å². The first-order valence-electron chi connectivity index (χ1n) is 6.35. The maximum Gasteiger partial charge on any atom is 0.328 e. The predicted molar refractivity (Wildman–Crippen MR) is 70.8 cm³/mol. The van der Waals surface area contributed by atoms with Crippen molar-refractivity contribution in [2.75, 3.05) is 0 Å². The summed E-state index contributed by atoms with van der Waals surface area (Å²) in [7, 11) is 0. The minimum atomic E-state index is -0.369. The van der Waals surface area contributed by atoms with Gasteiger partial charge in [-0.25, -0.2) is 4.79 Å². The van der Waals surface area contributed by atoms with Crippen LogP contribution >= 0.6 is 0 Å². The molecule has 1 heterocycles. The Hall–Kier alpha value is -1.36. The second-order valence-corrected chi connectivity index (χ2v) is 4.99. The molecule has 2 atom stereocenters. The molecule has 0 aliphatic rings. The lowest BCUT2D eigenvalue weighted by molar-refractivity contribution is -0.0212. The number of rotatable bonds is 6. The Bertz CT molecular complexity index is 476. The lowest BCUT2D eigenvalue weighted by Gasteiger charge is -2.22. The molecule has 18 heavy (non-hydrogen) atoms. The molecule has 5 nitrogen and oxygen atoms in total. The van der Waals surface area contributed by atoms with Gasteiger partial charge in [0.15, 0.2) is 0 Å². The summed E-state index contributed by atoms with van der Waals surface area (Å²) in [5, 5.41) is 0. The first kappa shape index (κ1) is 14.7. The van der Waals surface area contributed by atoms with E-state index in [1.54, 1.807) is 0 Å². The standard InChI is InChI=1S/C13H22N2O3/c1-9(2)11(4)18-10(3)5-7-15-8-6-12(16)14-13(15)17/h6,8-11H,5,7H2,1-4H3,(H,14,16,17)/t10-,11?/m1/s1. The van der Waals surface area contributed by atoms with Gasteiger partial charge in [-0.1, -0.05) is 13.8 Å². The molecule has 0 saturated carbocycles. The molecule has 102 valence electrons. The average Bonchev–Trinajstić information content (AvgIpc) is 2.27. The molecule has 0 saturated heterocycles. The topological polar surface area (TPSA) is 64.1 Å². The van der Waals surface area contributed by atoms with Gasteiger partial charge in [0.25, 0.3) is 5.56 Å². The number of H-pyrrole nitrogens is 1. The van der Waals surface area contributed by atoms with Crippen molar-refractivity contribution in [3.8, 4) is 0 Å². The van der Waals surface area contributed by atoms with Gasteiger partial charge in [-0.15, -0.1) is 0 Å². The monoisotopic (exact) mass is 254 g/mol. The van der Waals surface area contributed by atoms with Crippen LogP contribution in [0.1, 0.15) is 34.1 Å². The highest BCUT2D eigenvalue weighted by molar-refractivity contribution is 4.82. The predicted octanol–water partition coefficient (Wildman–Crippen LogP) is 1.38. The van der Waals surface area contributed by atoms with E-state index < -0.39 is 0 Å². The number of aryl methyl sites for hydroxylation is 1. The van der Waals surface area contributed by atoms with E-state index in [0.717, 1.165) is 6.42 Å². The quantitative estimate of drug-likeness (QED) is 0.834. The lowest BCUT2D eigenvalue weighted by atomic mass is 10.1. The minimum Gasteiger partial charge on any atom is -0.375 e. The molecule has 1 aromatic rings. The van der Waals surface area contributed by atoms with E-state index in [9.17, 15) is 9.59 Å². The molecule has 0 aliphatic carbocycles. The SMILES string of the molecule is CC(C)C(C)O[C@H](C)CCn1ccc(=O)[nH]c1=O. The minimum absolute atomic E-state index is 0.0845. The molecule has 1 N–H and O–H groups in total. The van der Waals surface area contributed by atoms with Crippen LogP contribution in [0, 0.1) is 5.92 Å². The Morgan fingerprint density at radius 2 is 1.94 bits per heavy atom. The summed E-state index contributed by atoms with van der Waals surface area (Å²) < 4.78 is 7.30. The zero-order chi connectivity index (χ0) is 13.7. The molecule has 5 heteroatoms. The van der Waals surface area contributed by atoms with Crippen LogP contribution in [0.2, 0.25) is 0 Å². The molecule has 0 spiro atoms. The molecule has 0 aliphatic heterocycles. The van der Waals surface area contributed by atoms with E-state index in [1.807, 2.05) is 13.8 Å². The van der Waals surface area contributed by atoms with Crippen molar-refractivity contribution in [2.45, 2.75) is 52.9 Å². The second kappa shape index (κ2) is 6.54. The van der Waals surface area contributed by atoms with E-state index in [0.29, 0.717) is 12.5 Å². The van der Waals surface area contributed by atoms with Gasteiger partial charge < -0.3 is 9.30 Å². The van der Waals surface area contributed by atoms with Gasteiger partial charge in [0.2, 0.25) is 0 Å². The summed E-state index contributed by atoms with van der Waals surface area (Å²) in [6.07, 6.45) is 2.54. The fourth-order valence-corrected chi connectivity index (χ4v) is 1.53. The number of aromatic amines is 1. The summed E-state index contributed by atoms with van der Waals surface area (Å²) in [6.45, 7) is 8.82. The van der Waals surface area contributed by atoms with E-state index >= 15 is 0 Å². The van der Waals surface area contributed by atoms with Crippen molar-refractivity contribution in [3.63, 3.8) is 0 Å². The van der Waals surface area contributed by atoms with Crippen LogP contribution < -0.4 is 11.2 Å². The lowest BCUT2D eigenvalue weighted by Crippen LogP contribution is -2.30. The van der Waals surface area contributed by atoms with Crippen LogP contribution in [0.25, 0.3) is 0 Å². The van der Waals surface area contributed by atoms with Gasteiger partial charge >= 0.3 is 5.69 Å². The molecule has 1 unspecified atom stereocenters. The molecule has 1 aromatic heterocycles. The Morgan fingerprint density at radius 1 is 1.28 bits per heavy atom. The zero-order valence-corrected chi connectivity index (χ0v) is 11.5. The van der Waals surface area contributed by atoms with E-state index in [-0.39, 0.29) is 23.5 Å². The fourth-order valence-electron chi connectivity index (χ4n) is 1.53. The van der Waals surface area contributed by atoms with Gasteiger partial charge in [0, 0.05) is 18.8 Å². The van der Waals surface area contributed by atoms with Crippen LogP contribution in [0.3, 0.4) is 0 Å². The highest BCUT2D eigenvalue weighted by Crippen LogP contribution is 2.10. The number of hydrogen-bond donors (Lipinski definition) is 1. The Kier molecular flexibility index (Phi) is 5.34. The van der Waals surface area contributed by atoms with Gasteiger partial charge in [-0.2, -0.15) is 0 Å². The maximum absolute atomic E-state index is 11.4. The first-order chi connectivity index (χ1) is 8.40. The first-order valence-corrected chi connectivity index (χ1v) is 6.35. The van der Waals surface area contributed by atoms with Crippen LogP contribution in [-0.4, -0.2) is 21.8 Å². The third-order valence-electron chi connectivity index (χ3n) is 3.06. The third-order valence-corrected chi connectivity index (χ3v) is 3.06. The summed E-state index contributed by atoms with van der Waals surface area (Å²) in [5.74, 6) is 0.475. The molecule has 0 radical (unpaired) electrons. The molecule has 0 bridgehead atoms.